The van der Waals surface area contributed by atoms with Gasteiger partial charge < -0.3 is 14.3 Å². The van der Waals surface area contributed by atoms with E-state index in [-0.39, 0.29) is 0 Å². The van der Waals surface area contributed by atoms with Crippen LogP contribution in [-0.4, -0.2) is 35.4 Å². The van der Waals surface area contributed by atoms with E-state index in [1.807, 2.05) is 39.7 Å². The second-order valence-corrected chi connectivity index (χ2v) is 7.64. The van der Waals surface area contributed by atoms with Crippen LogP contribution in [0.5, 0.6) is 5.75 Å². The van der Waals surface area contributed by atoms with E-state index >= 15 is 0 Å². The average molecular weight is 375 g/mol. The molecule has 1 N–H and O–H groups in total. The highest BCUT2D eigenvalue weighted by Gasteiger charge is 2.20. The number of carbonyl (C=O) groups excluding carboxylic acids is 2. The van der Waals surface area contributed by atoms with E-state index < -0.39 is 11.7 Å². The molecule has 0 radical (unpaired) electrons. The molecular formula is C20H29N3O4. The molecule has 2 aromatic rings. The molecule has 0 spiro atoms. The number of carbonyl (C=O) groups is 2. The van der Waals surface area contributed by atoms with E-state index in [2.05, 4.69) is 16.2 Å². The van der Waals surface area contributed by atoms with E-state index in [9.17, 15) is 4.79 Å². The van der Waals surface area contributed by atoms with Gasteiger partial charge in [-0.3, -0.25) is 10.00 Å². The summed E-state index contributed by atoms with van der Waals surface area (Å²) in [7, 11) is 1.58. The quantitative estimate of drug-likeness (QED) is 0.840. The van der Waals surface area contributed by atoms with Crippen LogP contribution < -0.4 is 10.1 Å². The summed E-state index contributed by atoms with van der Waals surface area (Å²) in [6, 6.07) is 4.22. The van der Waals surface area contributed by atoms with E-state index in [0.717, 1.165) is 10.9 Å². The molecule has 7 heteroatoms. The lowest BCUT2D eigenvalue weighted by atomic mass is 9.96. The van der Waals surface area contributed by atoms with Gasteiger partial charge in [0.1, 0.15) is 18.1 Å². The monoisotopic (exact) mass is 375 g/mol. The Bertz CT molecular complexity index is 773. The number of ether oxygens (including phenoxy) is 2. The summed E-state index contributed by atoms with van der Waals surface area (Å²) in [5.74, 6) is 0.576. The Morgan fingerprint density at radius 1 is 1.22 bits per heavy atom. The molecule has 0 saturated heterocycles. The molecule has 1 heterocycles. The zero-order valence-corrected chi connectivity index (χ0v) is 16.6. The fourth-order valence-electron chi connectivity index (χ4n) is 3.28. The number of methoxy groups -OCH3 is 1. The normalized spacial score (nSPS) is 15.0. The van der Waals surface area contributed by atoms with Crippen LogP contribution in [-0.2, 0) is 9.53 Å². The SMILES string of the molecule is C=O.COc1cc2nn(C3CCCCC3)cc2cc1NC(=O)OC(C)(C)C. The number of hydrogen-bond acceptors (Lipinski definition) is 5. The molecule has 1 aromatic heterocycles. The summed E-state index contributed by atoms with van der Waals surface area (Å²) in [4.78, 5) is 20.1. The zero-order valence-electron chi connectivity index (χ0n) is 16.6. The van der Waals surface area contributed by atoms with Gasteiger partial charge in [-0.05, 0) is 39.7 Å². The van der Waals surface area contributed by atoms with Crippen molar-refractivity contribution >= 4 is 29.5 Å². The van der Waals surface area contributed by atoms with Gasteiger partial charge in [0.05, 0.1) is 24.4 Å². The predicted molar refractivity (Wildman–Crippen MR) is 105 cm³/mol. The van der Waals surface area contributed by atoms with Gasteiger partial charge in [-0.15, -0.1) is 0 Å². The lowest BCUT2D eigenvalue weighted by Gasteiger charge is -2.21. The molecule has 3 rings (SSSR count). The van der Waals surface area contributed by atoms with Gasteiger partial charge in [0.2, 0.25) is 0 Å². The third-order valence-corrected chi connectivity index (χ3v) is 4.43. The van der Waals surface area contributed by atoms with Crippen molar-refractivity contribution in [1.82, 2.24) is 9.78 Å². The van der Waals surface area contributed by atoms with Gasteiger partial charge in [-0.1, -0.05) is 19.3 Å². The molecule has 1 aliphatic carbocycles. The summed E-state index contributed by atoms with van der Waals surface area (Å²) >= 11 is 0. The van der Waals surface area contributed by atoms with Crippen molar-refractivity contribution < 1.29 is 19.1 Å². The summed E-state index contributed by atoms with van der Waals surface area (Å²) in [5.41, 5.74) is 0.914. The predicted octanol–water partition coefficient (Wildman–Crippen LogP) is 4.71. The van der Waals surface area contributed by atoms with Crippen molar-refractivity contribution in [3.8, 4) is 5.75 Å². The van der Waals surface area contributed by atoms with Crippen LogP contribution in [0.4, 0.5) is 10.5 Å². The molecule has 1 fully saturated rings. The Morgan fingerprint density at radius 2 is 1.89 bits per heavy atom. The number of hydrogen-bond donors (Lipinski definition) is 1. The minimum absolute atomic E-state index is 0.467. The van der Waals surface area contributed by atoms with Crippen LogP contribution in [0.15, 0.2) is 18.3 Å². The van der Waals surface area contributed by atoms with Gasteiger partial charge in [-0.25, -0.2) is 4.79 Å². The third kappa shape index (κ3) is 5.45. The maximum absolute atomic E-state index is 12.1. The second kappa shape index (κ2) is 8.88. The number of rotatable bonds is 3. The standard InChI is InChI=1S/C19H27N3O3.CH2O/c1-19(2,3)25-18(23)20-16-10-13-12-22(14-8-6-5-7-9-14)21-15(13)11-17(16)24-4;1-2/h10-12,14H,5-9H2,1-4H3,(H,20,23);1H2. The molecule has 0 aliphatic heterocycles. The maximum Gasteiger partial charge on any atom is 0.412 e. The minimum atomic E-state index is -0.548. The highest BCUT2D eigenvalue weighted by Crippen LogP contribution is 2.33. The number of amides is 1. The van der Waals surface area contributed by atoms with Crippen LogP contribution in [0.3, 0.4) is 0 Å². The number of benzene rings is 1. The molecule has 1 aliphatic rings. The lowest BCUT2D eigenvalue weighted by Crippen LogP contribution is -2.27. The highest BCUT2D eigenvalue weighted by atomic mass is 16.6. The van der Waals surface area contributed by atoms with Gasteiger partial charge >= 0.3 is 6.09 Å². The topological polar surface area (TPSA) is 82.5 Å². The molecule has 1 saturated carbocycles. The molecule has 1 amide bonds. The zero-order chi connectivity index (χ0) is 20.0. The van der Waals surface area contributed by atoms with Crippen LogP contribution in [0.1, 0.15) is 58.9 Å². The van der Waals surface area contributed by atoms with Crippen LogP contribution in [0, 0.1) is 0 Å². The molecule has 1 aromatic carbocycles. The Balaban J connectivity index is 0.00000126. The molecule has 0 atom stereocenters. The number of aromatic nitrogens is 2. The van der Waals surface area contributed by atoms with E-state index in [1.165, 1.54) is 32.1 Å². The summed E-state index contributed by atoms with van der Waals surface area (Å²) in [5, 5.41) is 8.48. The Kier molecular flexibility index (Phi) is 6.82. The van der Waals surface area contributed by atoms with Gasteiger partial charge in [-0.2, -0.15) is 5.10 Å². The molecule has 0 bridgehead atoms. The van der Waals surface area contributed by atoms with Crippen molar-refractivity contribution in [3.63, 3.8) is 0 Å². The molecule has 148 valence electrons. The fourth-order valence-corrected chi connectivity index (χ4v) is 3.28. The first-order chi connectivity index (χ1) is 12.9. The van der Waals surface area contributed by atoms with Crippen molar-refractivity contribution in [2.75, 3.05) is 12.4 Å². The Morgan fingerprint density at radius 3 is 2.48 bits per heavy atom. The smallest absolute Gasteiger partial charge is 0.412 e. The first-order valence-corrected chi connectivity index (χ1v) is 9.21. The van der Waals surface area contributed by atoms with E-state index in [4.69, 9.17) is 19.4 Å². The number of anilines is 1. The Hall–Kier alpha value is -2.57. The van der Waals surface area contributed by atoms with Crippen molar-refractivity contribution in [2.24, 2.45) is 0 Å². The fraction of sp³-hybridized carbons (Fsp3) is 0.550. The van der Waals surface area contributed by atoms with Gasteiger partial charge in [0.25, 0.3) is 0 Å². The number of nitrogens with one attached hydrogen (secondary N) is 1. The average Bonchev–Trinajstić information content (AvgIpc) is 3.04. The molecule has 7 nitrogen and oxygen atoms in total. The molecular weight excluding hydrogens is 346 g/mol. The first kappa shape index (κ1) is 20.7. The van der Waals surface area contributed by atoms with Crippen LogP contribution >= 0.6 is 0 Å². The summed E-state index contributed by atoms with van der Waals surface area (Å²) in [6.45, 7) is 7.50. The van der Waals surface area contributed by atoms with E-state index in [0.29, 0.717) is 17.5 Å². The lowest BCUT2D eigenvalue weighted by molar-refractivity contribution is -0.0980. The number of fused-ring (bicyclic) bond motifs is 1. The minimum Gasteiger partial charge on any atom is -0.494 e. The van der Waals surface area contributed by atoms with E-state index in [1.54, 1.807) is 7.11 Å². The van der Waals surface area contributed by atoms with Crippen molar-refractivity contribution in [2.45, 2.75) is 64.5 Å². The second-order valence-electron chi connectivity index (χ2n) is 7.64. The first-order valence-electron chi connectivity index (χ1n) is 9.21. The van der Waals surface area contributed by atoms with Crippen molar-refractivity contribution in [3.05, 3.63) is 18.3 Å². The van der Waals surface area contributed by atoms with Gasteiger partial charge in [0.15, 0.2) is 0 Å². The largest absolute Gasteiger partial charge is 0.494 e. The summed E-state index contributed by atoms with van der Waals surface area (Å²) < 4.78 is 12.8. The van der Waals surface area contributed by atoms with Crippen LogP contribution in [0.2, 0.25) is 0 Å². The van der Waals surface area contributed by atoms with Crippen LogP contribution in [0.25, 0.3) is 10.9 Å². The molecule has 0 unspecified atom stereocenters. The molecule has 27 heavy (non-hydrogen) atoms. The number of nitrogens with zero attached hydrogens (tertiary/aromatic N) is 2. The highest BCUT2D eigenvalue weighted by molar-refractivity contribution is 5.93. The Labute approximate surface area is 160 Å². The van der Waals surface area contributed by atoms with Crippen molar-refractivity contribution in [1.29, 1.82) is 0 Å². The maximum atomic E-state index is 12.1. The van der Waals surface area contributed by atoms with Gasteiger partial charge in [0, 0.05) is 17.6 Å². The summed E-state index contributed by atoms with van der Waals surface area (Å²) in [6.07, 6.45) is 7.75. The third-order valence-electron chi connectivity index (χ3n) is 4.43.